The summed E-state index contributed by atoms with van der Waals surface area (Å²) < 4.78 is 64.8. The van der Waals surface area contributed by atoms with Crippen LogP contribution in [0.3, 0.4) is 0 Å². The van der Waals surface area contributed by atoms with E-state index in [2.05, 4.69) is 20.8 Å². The third kappa shape index (κ3) is 34.0. The van der Waals surface area contributed by atoms with Crippen molar-refractivity contribution in [3.05, 3.63) is 0 Å². The van der Waals surface area contributed by atoms with Gasteiger partial charge >= 0.3 is 25.7 Å². The summed E-state index contributed by atoms with van der Waals surface area (Å²) in [5, 5.41) is 110. The van der Waals surface area contributed by atoms with Gasteiger partial charge in [-0.25, -0.2) is 4.57 Å². The quantitative estimate of drug-likeness (QED) is 0.0117. The molecule has 542 valence electrons. The molecule has 0 aromatic carbocycles. The minimum Gasteiger partial charge on any atom is -0.463 e. The van der Waals surface area contributed by atoms with Crippen molar-refractivity contribution in [2.45, 2.75) is 382 Å². The molecular weight excluding hydrogens is 1220 g/mol. The Hall–Kier alpha value is -2.04. The average molecular weight is 1350 g/mol. The first-order valence-corrected chi connectivity index (χ1v) is 37.3. The number of phosphoric ester groups is 1. The average Bonchev–Trinajstić information content (AvgIpc) is 0.774. The van der Waals surface area contributed by atoms with E-state index in [1.165, 1.54) is 122 Å². The fraction of sp³-hybridized carbons (Fsp3) is 0.955. The lowest BCUT2D eigenvalue weighted by Gasteiger charge is -2.49. The van der Waals surface area contributed by atoms with Gasteiger partial charge in [-0.15, -0.1) is 0 Å². The number of esters is 3. The zero-order valence-corrected chi connectivity index (χ0v) is 57.0. The molecule has 2 aliphatic heterocycles. The minimum absolute atomic E-state index is 0.0336. The highest BCUT2D eigenvalue weighted by Gasteiger charge is 2.58. The first-order valence-electron chi connectivity index (χ1n) is 35.8. The Balaban J connectivity index is 1.75. The Kier molecular flexibility index (Phi) is 46.0. The number of ether oxygens (including phenoxy) is 7. The van der Waals surface area contributed by atoms with Gasteiger partial charge < -0.3 is 89.1 Å². The van der Waals surface area contributed by atoms with Crippen molar-refractivity contribution in [2.75, 3.05) is 26.4 Å². The third-order valence-electron chi connectivity index (χ3n) is 17.9. The molecule has 0 radical (unpaired) electrons. The van der Waals surface area contributed by atoms with E-state index in [-0.39, 0.29) is 19.3 Å². The molecule has 2 heterocycles. The largest absolute Gasteiger partial charge is 0.472 e. The molecule has 2 saturated heterocycles. The molecule has 0 aromatic rings. The predicted octanol–water partition coefficient (Wildman–Crippen LogP) is 8.62. The van der Waals surface area contributed by atoms with Crippen molar-refractivity contribution in [2.24, 2.45) is 0 Å². The topological polar surface area (TPSA) is 374 Å². The van der Waals surface area contributed by atoms with Crippen molar-refractivity contribution in [3.63, 3.8) is 0 Å². The van der Waals surface area contributed by atoms with Crippen molar-refractivity contribution < 1.29 is 117 Å². The van der Waals surface area contributed by atoms with Crippen LogP contribution >= 0.6 is 7.82 Å². The van der Waals surface area contributed by atoms with Gasteiger partial charge in [-0.05, 0) is 19.3 Å². The monoisotopic (exact) mass is 1340 g/mol. The summed E-state index contributed by atoms with van der Waals surface area (Å²) in [7, 11) is -5.68. The van der Waals surface area contributed by atoms with E-state index in [0.29, 0.717) is 19.3 Å². The molecule has 0 spiro atoms. The van der Waals surface area contributed by atoms with Crippen LogP contribution in [0.1, 0.15) is 278 Å². The van der Waals surface area contributed by atoms with E-state index >= 15 is 0 Å². The lowest BCUT2D eigenvalue weighted by Crippen LogP contribution is -2.69. The smallest absolute Gasteiger partial charge is 0.463 e. The fourth-order valence-electron chi connectivity index (χ4n) is 12.0. The highest BCUT2D eigenvalue weighted by atomic mass is 31.2. The number of phosphoric acid groups is 1. The van der Waals surface area contributed by atoms with E-state index in [1.807, 2.05) is 0 Å². The second-order valence-corrected chi connectivity index (χ2v) is 27.4. The molecule has 25 heteroatoms. The number of carbonyl (C=O) groups is 3. The molecule has 92 heavy (non-hydrogen) atoms. The molecule has 0 bridgehead atoms. The van der Waals surface area contributed by atoms with Gasteiger partial charge in [0.15, 0.2) is 18.7 Å². The number of hydrogen-bond donors (Lipinski definition) is 11. The van der Waals surface area contributed by atoms with E-state index < -0.39 is 156 Å². The predicted molar refractivity (Wildman–Crippen MR) is 342 cm³/mol. The molecule has 24 nitrogen and oxygen atoms in total. The SMILES string of the molecule is CCCCCCCCCCCCCCCCC(=O)OCC1OC(OC2C(O)C(O)C(O)C(OC3OC(CO)C(O)C(O)C3O)C2OP(=O)(O)OCC(COC(=O)CCCCCCCCCCCCC)OC(=O)CCCCCCCCCCCCCC)C(O)C(O)C1O. The van der Waals surface area contributed by atoms with Gasteiger partial charge in [0.1, 0.15) is 98.7 Å². The minimum atomic E-state index is -5.68. The van der Waals surface area contributed by atoms with Crippen molar-refractivity contribution >= 4 is 25.7 Å². The first kappa shape index (κ1) is 84.2. The van der Waals surface area contributed by atoms with Crippen molar-refractivity contribution in [1.82, 2.24) is 0 Å². The number of unbranched alkanes of at least 4 members (excludes halogenated alkanes) is 34. The van der Waals surface area contributed by atoms with E-state index in [9.17, 15) is 74.9 Å². The molecule has 3 rings (SSSR count). The third-order valence-corrected chi connectivity index (χ3v) is 18.9. The van der Waals surface area contributed by atoms with Gasteiger partial charge in [0.05, 0.1) is 13.2 Å². The normalized spacial score (nSPS) is 28.6. The van der Waals surface area contributed by atoms with Crippen LogP contribution in [0, 0.1) is 0 Å². The maximum absolute atomic E-state index is 14.3. The number of carbonyl (C=O) groups excluding carboxylic acids is 3. The number of rotatable bonds is 55. The van der Waals surface area contributed by atoms with Crippen LogP contribution in [0.4, 0.5) is 0 Å². The summed E-state index contributed by atoms with van der Waals surface area (Å²) in [5.41, 5.74) is 0. The van der Waals surface area contributed by atoms with Gasteiger partial charge in [-0.1, -0.05) is 239 Å². The van der Waals surface area contributed by atoms with Crippen molar-refractivity contribution in [1.29, 1.82) is 0 Å². The molecule has 1 saturated carbocycles. The molecule has 3 aliphatic rings. The fourth-order valence-corrected chi connectivity index (χ4v) is 13.0. The van der Waals surface area contributed by atoms with Crippen molar-refractivity contribution in [3.8, 4) is 0 Å². The van der Waals surface area contributed by atoms with E-state index in [0.717, 1.165) is 96.3 Å². The molecule has 0 amide bonds. The van der Waals surface area contributed by atoms with Crippen LogP contribution in [0.5, 0.6) is 0 Å². The summed E-state index contributed by atoms with van der Waals surface area (Å²) in [5.74, 6) is -1.98. The number of aliphatic hydroxyl groups is 10. The summed E-state index contributed by atoms with van der Waals surface area (Å²) >= 11 is 0. The molecule has 11 N–H and O–H groups in total. The van der Waals surface area contributed by atoms with Gasteiger partial charge in [0.25, 0.3) is 0 Å². The lowest BCUT2D eigenvalue weighted by atomic mass is 9.84. The summed E-state index contributed by atoms with van der Waals surface area (Å²) in [6.45, 7) is 3.42. The van der Waals surface area contributed by atoms with Gasteiger partial charge in [-0.2, -0.15) is 0 Å². The van der Waals surface area contributed by atoms with Crippen LogP contribution in [0.2, 0.25) is 0 Å². The highest BCUT2D eigenvalue weighted by Crippen LogP contribution is 2.49. The highest BCUT2D eigenvalue weighted by molar-refractivity contribution is 7.47. The zero-order chi connectivity index (χ0) is 67.5. The summed E-state index contributed by atoms with van der Waals surface area (Å²) in [6.07, 6.45) is 4.88. The van der Waals surface area contributed by atoms with Crippen LogP contribution in [0.25, 0.3) is 0 Å². The summed E-state index contributed by atoms with van der Waals surface area (Å²) in [6, 6.07) is 0. The Morgan fingerprint density at radius 3 is 1.07 bits per heavy atom. The molecule has 1 aliphatic carbocycles. The summed E-state index contributed by atoms with van der Waals surface area (Å²) in [4.78, 5) is 50.8. The molecule has 0 aromatic heterocycles. The van der Waals surface area contributed by atoms with Crippen LogP contribution in [0.15, 0.2) is 0 Å². The van der Waals surface area contributed by atoms with Crippen LogP contribution in [-0.2, 0) is 61.2 Å². The maximum atomic E-state index is 14.3. The standard InChI is InChI=1S/C67H125O24P/c1-4-7-10-13-16-19-22-24-25-28-30-33-36-39-42-52(70)84-47-50-55(73)57(75)62(80)67(88-50)90-64-60(78)58(76)59(77)63(89-66-61(79)56(74)54(72)49(44-68)87-66)65(64)91-92(81,82)85-46-48(45-83-51(69)41-38-35-32-29-26-21-18-15-12-9-6-3)86-53(71)43-40-37-34-31-27-23-20-17-14-11-8-5-2/h48-50,54-68,72-80H,4-47H2,1-3H3,(H,81,82). The Bertz CT molecular complexity index is 1920. The molecular formula is C67H125O24P. The number of hydrogen-bond acceptors (Lipinski definition) is 23. The van der Waals surface area contributed by atoms with Crippen LogP contribution in [-0.4, -0.2) is 204 Å². The lowest BCUT2D eigenvalue weighted by molar-refractivity contribution is -0.360. The zero-order valence-electron chi connectivity index (χ0n) is 56.1. The second kappa shape index (κ2) is 50.3. The first-order chi connectivity index (χ1) is 44.3. The number of aliphatic hydroxyl groups excluding tert-OH is 10. The van der Waals surface area contributed by atoms with Gasteiger partial charge in [-0.3, -0.25) is 23.4 Å². The van der Waals surface area contributed by atoms with Crippen LogP contribution < -0.4 is 0 Å². The Morgan fingerprint density at radius 2 is 0.696 bits per heavy atom. The van der Waals surface area contributed by atoms with E-state index in [1.54, 1.807) is 0 Å². The molecule has 18 unspecified atom stereocenters. The molecule has 3 fully saturated rings. The Morgan fingerprint density at radius 1 is 0.380 bits per heavy atom. The molecule has 18 atom stereocenters. The van der Waals surface area contributed by atoms with Gasteiger partial charge in [0.2, 0.25) is 0 Å². The van der Waals surface area contributed by atoms with Gasteiger partial charge in [0, 0.05) is 19.3 Å². The Labute approximate surface area is 549 Å². The van der Waals surface area contributed by atoms with E-state index in [4.69, 9.17) is 42.2 Å². The second-order valence-electron chi connectivity index (χ2n) is 26.0. The maximum Gasteiger partial charge on any atom is 0.472 e.